The van der Waals surface area contributed by atoms with Crippen LogP contribution in [-0.2, 0) is 10.3 Å². The molecule has 1 aliphatic carbocycles. The van der Waals surface area contributed by atoms with Crippen LogP contribution in [0.4, 0.5) is 11.5 Å². The fourth-order valence-corrected chi connectivity index (χ4v) is 4.70. The molecular weight excluding hydrogens is 470 g/mol. The molecule has 192 valence electrons. The van der Waals surface area contributed by atoms with Gasteiger partial charge in [-0.05, 0) is 63.8 Å². The van der Waals surface area contributed by atoms with E-state index in [0.717, 1.165) is 48.9 Å². The monoisotopic (exact) mass is 501 g/mol. The molecule has 0 amide bonds. The van der Waals surface area contributed by atoms with Gasteiger partial charge in [0, 0.05) is 42.6 Å². The largest absolute Gasteiger partial charge is 0.454 e. The molecule has 2 aliphatic rings. The van der Waals surface area contributed by atoms with Crippen LogP contribution in [-0.4, -0.2) is 47.8 Å². The summed E-state index contributed by atoms with van der Waals surface area (Å²) in [5.74, 6) is 2.46. The molecule has 2 N–H and O–H groups in total. The standard InChI is InChI=1S/C27H31N7O3/c1-27(2,35)22-13-19(3-6-23(22)34-17-28-16-30-34)31-25-14-21(7-10-29-25)37-24-15-33(20-4-5-20)32-26(24)18-8-11-36-12-9-18/h3,6-7,10,13-18,20,35H,4-5,8-9,11-12H2,1-2H3,(H,29,31). The van der Waals surface area contributed by atoms with Crippen molar-refractivity contribution in [3.63, 3.8) is 0 Å². The molecule has 4 aromatic rings. The van der Waals surface area contributed by atoms with Gasteiger partial charge in [0.2, 0.25) is 0 Å². The molecule has 0 atom stereocenters. The van der Waals surface area contributed by atoms with Crippen LogP contribution in [0.5, 0.6) is 11.5 Å². The summed E-state index contributed by atoms with van der Waals surface area (Å²) >= 11 is 0. The van der Waals surface area contributed by atoms with Gasteiger partial charge in [0.15, 0.2) is 5.75 Å². The quantitative estimate of drug-likeness (QED) is 0.352. The average molecular weight is 502 g/mol. The third kappa shape index (κ3) is 5.21. The maximum Gasteiger partial charge on any atom is 0.168 e. The predicted molar refractivity (Wildman–Crippen MR) is 137 cm³/mol. The van der Waals surface area contributed by atoms with E-state index in [1.165, 1.54) is 19.2 Å². The summed E-state index contributed by atoms with van der Waals surface area (Å²) in [5, 5.41) is 23.3. The number of hydrogen-bond donors (Lipinski definition) is 2. The molecule has 0 radical (unpaired) electrons. The van der Waals surface area contributed by atoms with Gasteiger partial charge in [-0.25, -0.2) is 14.6 Å². The van der Waals surface area contributed by atoms with Crippen molar-refractivity contribution in [1.82, 2.24) is 29.5 Å². The smallest absolute Gasteiger partial charge is 0.168 e. The maximum atomic E-state index is 10.8. The molecule has 6 rings (SSSR count). The van der Waals surface area contributed by atoms with E-state index in [1.54, 1.807) is 31.1 Å². The average Bonchev–Trinajstić information content (AvgIpc) is 3.42. The van der Waals surface area contributed by atoms with E-state index in [1.807, 2.05) is 36.5 Å². The van der Waals surface area contributed by atoms with E-state index >= 15 is 0 Å². The van der Waals surface area contributed by atoms with E-state index in [0.29, 0.717) is 29.1 Å². The maximum absolute atomic E-state index is 10.8. The first-order valence-corrected chi connectivity index (χ1v) is 12.7. The van der Waals surface area contributed by atoms with Crippen molar-refractivity contribution in [2.24, 2.45) is 0 Å². The zero-order valence-electron chi connectivity index (χ0n) is 21.0. The Hall–Kier alpha value is -3.76. The van der Waals surface area contributed by atoms with E-state index in [4.69, 9.17) is 14.6 Å². The molecule has 10 heteroatoms. The first-order chi connectivity index (χ1) is 17.9. The second-order valence-corrected chi connectivity index (χ2v) is 10.2. The van der Waals surface area contributed by atoms with Crippen molar-refractivity contribution in [3.8, 4) is 17.2 Å². The Morgan fingerprint density at radius 1 is 1.11 bits per heavy atom. The minimum Gasteiger partial charge on any atom is -0.454 e. The molecule has 0 bridgehead atoms. The Morgan fingerprint density at radius 2 is 1.95 bits per heavy atom. The molecule has 1 saturated carbocycles. The van der Waals surface area contributed by atoms with Crippen LogP contribution >= 0.6 is 0 Å². The minimum atomic E-state index is -1.08. The SMILES string of the molecule is CC(C)(O)c1cc(Nc2cc(Oc3cn(C4CC4)nc3C3CCOCC3)ccn2)ccc1-n1cncn1. The molecular formula is C27H31N7O3. The fraction of sp³-hybridized carbons (Fsp3) is 0.407. The first-order valence-electron chi connectivity index (χ1n) is 12.7. The summed E-state index contributed by atoms with van der Waals surface area (Å²) in [4.78, 5) is 8.50. The summed E-state index contributed by atoms with van der Waals surface area (Å²) < 4.78 is 15.6. The van der Waals surface area contributed by atoms with Crippen LogP contribution < -0.4 is 10.1 Å². The molecule has 1 aromatic carbocycles. The van der Waals surface area contributed by atoms with E-state index in [-0.39, 0.29) is 0 Å². The van der Waals surface area contributed by atoms with Crippen LogP contribution in [0.3, 0.4) is 0 Å². The van der Waals surface area contributed by atoms with Gasteiger partial charge in [-0.15, -0.1) is 0 Å². The minimum absolute atomic E-state index is 0.340. The van der Waals surface area contributed by atoms with Crippen LogP contribution in [0.1, 0.15) is 62.7 Å². The second-order valence-electron chi connectivity index (χ2n) is 10.2. The van der Waals surface area contributed by atoms with E-state index in [2.05, 4.69) is 25.1 Å². The number of hydrogen-bond acceptors (Lipinski definition) is 8. The zero-order valence-corrected chi connectivity index (χ0v) is 21.0. The summed E-state index contributed by atoms with van der Waals surface area (Å²) in [5.41, 5.74) is 2.19. The summed E-state index contributed by atoms with van der Waals surface area (Å²) in [6.07, 6.45) is 11.1. The Bertz CT molecular complexity index is 1370. The number of aliphatic hydroxyl groups is 1. The lowest BCUT2D eigenvalue weighted by molar-refractivity contribution is 0.0784. The molecule has 10 nitrogen and oxygen atoms in total. The van der Waals surface area contributed by atoms with Crippen molar-refractivity contribution in [2.45, 2.75) is 57.1 Å². The molecule has 37 heavy (non-hydrogen) atoms. The van der Waals surface area contributed by atoms with Gasteiger partial charge in [0.1, 0.15) is 29.9 Å². The fourth-order valence-electron chi connectivity index (χ4n) is 4.70. The van der Waals surface area contributed by atoms with Gasteiger partial charge in [-0.3, -0.25) is 4.68 Å². The lowest BCUT2D eigenvalue weighted by atomic mass is 9.96. The van der Waals surface area contributed by atoms with Crippen molar-refractivity contribution in [1.29, 1.82) is 0 Å². The van der Waals surface area contributed by atoms with Crippen LogP contribution in [0.15, 0.2) is 55.4 Å². The highest BCUT2D eigenvalue weighted by atomic mass is 16.5. The summed E-state index contributed by atoms with van der Waals surface area (Å²) in [6, 6.07) is 9.92. The number of ether oxygens (including phenoxy) is 2. The Balaban J connectivity index is 1.25. The van der Waals surface area contributed by atoms with Crippen molar-refractivity contribution in [3.05, 3.63) is 66.6 Å². The highest BCUT2D eigenvalue weighted by molar-refractivity contribution is 5.62. The number of anilines is 2. The topological polar surface area (TPSA) is 112 Å². The van der Waals surface area contributed by atoms with Gasteiger partial charge >= 0.3 is 0 Å². The van der Waals surface area contributed by atoms with E-state index in [9.17, 15) is 5.11 Å². The summed E-state index contributed by atoms with van der Waals surface area (Å²) in [7, 11) is 0. The number of aromatic nitrogens is 6. The number of pyridine rings is 1. The number of rotatable bonds is 8. The third-order valence-corrected chi connectivity index (χ3v) is 6.81. The third-order valence-electron chi connectivity index (χ3n) is 6.81. The zero-order chi connectivity index (χ0) is 25.4. The lowest BCUT2D eigenvalue weighted by Crippen LogP contribution is -2.19. The normalized spacial score (nSPS) is 16.6. The molecule has 2 fully saturated rings. The van der Waals surface area contributed by atoms with Gasteiger partial charge in [0.25, 0.3) is 0 Å². The van der Waals surface area contributed by atoms with Crippen molar-refractivity contribution < 1.29 is 14.6 Å². The first kappa shape index (κ1) is 23.6. The van der Waals surface area contributed by atoms with Gasteiger partial charge in [-0.1, -0.05) is 0 Å². The number of benzene rings is 1. The Labute approximate surface area is 215 Å². The molecule has 0 spiro atoms. The van der Waals surface area contributed by atoms with Crippen LogP contribution in [0, 0.1) is 0 Å². The predicted octanol–water partition coefficient (Wildman–Crippen LogP) is 4.85. The van der Waals surface area contributed by atoms with E-state index < -0.39 is 5.60 Å². The van der Waals surface area contributed by atoms with Crippen molar-refractivity contribution >= 4 is 11.5 Å². The van der Waals surface area contributed by atoms with Crippen molar-refractivity contribution in [2.75, 3.05) is 18.5 Å². The second kappa shape index (κ2) is 9.60. The lowest BCUT2D eigenvalue weighted by Gasteiger charge is -2.22. The van der Waals surface area contributed by atoms with Gasteiger partial charge < -0.3 is 19.9 Å². The van der Waals surface area contributed by atoms with Crippen LogP contribution in [0.2, 0.25) is 0 Å². The molecule has 3 aromatic heterocycles. The number of nitrogens with zero attached hydrogens (tertiary/aromatic N) is 6. The highest BCUT2D eigenvalue weighted by Crippen LogP contribution is 2.40. The Kier molecular flexibility index (Phi) is 6.13. The molecule has 4 heterocycles. The van der Waals surface area contributed by atoms with Gasteiger partial charge in [0.05, 0.1) is 23.5 Å². The van der Waals surface area contributed by atoms with Crippen LogP contribution in [0.25, 0.3) is 5.69 Å². The van der Waals surface area contributed by atoms with Gasteiger partial charge in [-0.2, -0.15) is 10.2 Å². The summed E-state index contributed by atoms with van der Waals surface area (Å²) in [6.45, 7) is 5.01. The molecule has 1 saturated heterocycles. The highest BCUT2D eigenvalue weighted by Gasteiger charge is 2.30. The Morgan fingerprint density at radius 3 is 2.68 bits per heavy atom. The number of nitrogens with one attached hydrogen (secondary N) is 1. The molecule has 0 unspecified atom stereocenters. The molecule has 1 aliphatic heterocycles.